The Kier molecular flexibility index (Phi) is 4.15. The maximum atomic E-state index is 13.4. The number of hydrogen-bond donors (Lipinski definition) is 2. The van der Waals surface area contributed by atoms with Gasteiger partial charge in [0.1, 0.15) is 11.3 Å². The molecular weight excluding hydrogens is 377 g/mol. The summed E-state index contributed by atoms with van der Waals surface area (Å²) in [5, 5.41) is 17.9. The zero-order valence-corrected chi connectivity index (χ0v) is 13.4. The van der Waals surface area contributed by atoms with Crippen LogP contribution in [0.1, 0.15) is 16.1 Å². The molecule has 0 atom stereocenters. The largest absolute Gasteiger partial charge is 0.506 e. The highest BCUT2D eigenvalue weighted by atomic mass is 35.5. The van der Waals surface area contributed by atoms with Gasteiger partial charge in [0, 0.05) is 6.07 Å². The summed E-state index contributed by atoms with van der Waals surface area (Å²) in [5.74, 6) is -3.35. The van der Waals surface area contributed by atoms with E-state index in [1.54, 1.807) is 0 Å². The summed E-state index contributed by atoms with van der Waals surface area (Å²) in [6.45, 7) is 0. The lowest BCUT2D eigenvalue weighted by atomic mass is 10.0. The van der Waals surface area contributed by atoms with Crippen molar-refractivity contribution >= 4 is 28.5 Å². The number of benzene rings is 2. The number of fused-ring (bicyclic) bond motifs is 1. The normalized spacial score (nSPS) is 11.7. The maximum Gasteiger partial charge on any atom is 0.450 e. The van der Waals surface area contributed by atoms with Crippen LogP contribution in [0.4, 0.5) is 13.2 Å². The van der Waals surface area contributed by atoms with Crippen LogP contribution in [0.25, 0.3) is 22.1 Å². The van der Waals surface area contributed by atoms with Crippen LogP contribution in [0.5, 0.6) is 5.75 Å². The number of carbonyl (C=O) groups is 1. The fourth-order valence-electron chi connectivity index (χ4n) is 2.44. The summed E-state index contributed by atoms with van der Waals surface area (Å²) in [6, 6.07) is 6.15. The monoisotopic (exact) mass is 384 g/mol. The average Bonchev–Trinajstić information content (AvgIpc) is 2.56. The molecule has 0 fully saturated rings. The number of aromatic hydroxyl groups is 1. The zero-order valence-electron chi connectivity index (χ0n) is 12.6. The van der Waals surface area contributed by atoms with Crippen LogP contribution in [0.3, 0.4) is 0 Å². The Morgan fingerprint density at radius 1 is 1.12 bits per heavy atom. The van der Waals surface area contributed by atoms with Crippen LogP contribution in [-0.2, 0) is 6.18 Å². The van der Waals surface area contributed by atoms with Crippen molar-refractivity contribution in [2.75, 3.05) is 0 Å². The molecule has 0 aliphatic carbocycles. The van der Waals surface area contributed by atoms with Gasteiger partial charge in [-0.05, 0) is 23.8 Å². The highest BCUT2D eigenvalue weighted by Crippen LogP contribution is 2.38. The van der Waals surface area contributed by atoms with Gasteiger partial charge in [-0.25, -0.2) is 4.79 Å². The zero-order chi connectivity index (χ0) is 19.2. The van der Waals surface area contributed by atoms with Gasteiger partial charge in [-0.3, -0.25) is 4.79 Å². The van der Waals surface area contributed by atoms with Crippen LogP contribution in [0.2, 0.25) is 5.02 Å². The average molecular weight is 385 g/mol. The van der Waals surface area contributed by atoms with E-state index in [2.05, 4.69) is 0 Å². The second-order valence-electron chi connectivity index (χ2n) is 5.32. The molecule has 134 valence electrons. The van der Waals surface area contributed by atoms with Crippen molar-refractivity contribution in [2.45, 2.75) is 6.18 Å². The minimum Gasteiger partial charge on any atom is -0.506 e. The van der Waals surface area contributed by atoms with E-state index in [9.17, 15) is 27.9 Å². The molecule has 0 saturated heterocycles. The standard InChI is InChI=1S/C17H8ClF3O5/c18-10-5-9-12(6-11(10)22)26-15(17(19,20)21)13(14(9)23)7-1-3-8(4-2-7)16(24)25/h1-6,22H,(H,24,25). The summed E-state index contributed by atoms with van der Waals surface area (Å²) in [4.78, 5) is 23.5. The Hall–Kier alpha value is -3.00. The molecule has 2 aromatic carbocycles. The predicted molar refractivity (Wildman–Crippen MR) is 86.6 cm³/mol. The van der Waals surface area contributed by atoms with Crippen molar-refractivity contribution < 1.29 is 32.6 Å². The van der Waals surface area contributed by atoms with Crippen LogP contribution in [-0.4, -0.2) is 16.2 Å². The topological polar surface area (TPSA) is 87.7 Å². The number of phenols is 1. The molecule has 26 heavy (non-hydrogen) atoms. The summed E-state index contributed by atoms with van der Waals surface area (Å²) in [6.07, 6.45) is -5.00. The van der Waals surface area contributed by atoms with E-state index in [0.29, 0.717) is 0 Å². The number of carboxylic acid groups (broad SMARTS) is 1. The Balaban J connectivity index is 2.38. The smallest absolute Gasteiger partial charge is 0.450 e. The Bertz CT molecular complexity index is 1080. The number of halogens is 4. The molecule has 3 rings (SSSR count). The minimum absolute atomic E-state index is 0.152. The summed E-state index contributed by atoms with van der Waals surface area (Å²) < 4.78 is 45.1. The van der Waals surface area contributed by atoms with Gasteiger partial charge in [0.25, 0.3) is 0 Å². The van der Waals surface area contributed by atoms with Crippen molar-refractivity contribution in [3.63, 3.8) is 0 Å². The molecule has 5 nitrogen and oxygen atoms in total. The maximum absolute atomic E-state index is 13.4. The van der Waals surface area contributed by atoms with Gasteiger partial charge in [0.15, 0.2) is 0 Å². The summed E-state index contributed by atoms with van der Waals surface area (Å²) in [5.41, 5.74) is -2.58. The molecule has 0 unspecified atom stereocenters. The van der Waals surface area contributed by atoms with Gasteiger partial charge < -0.3 is 14.6 Å². The quantitative estimate of drug-likeness (QED) is 0.677. The summed E-state index contributed by atoms with van der Waals surface area (Å²) in [7, 11) is 0. The molecule has 0 radical (unpaired) electrons. The molecule has 0 amide bonds. The second kappa shape index (κ2) is 6.06. The van der Waals surface area contributed by atoms with Gasteiger partial charge in [-0.15, -0.1) is 0 Å². The number of phenolic OH excluding ortho intramolecular Hbond substituents is 1. The van der Waals surface area contributed by atoms with E-state index < -0.39 is 40.2 Å². The molecule has 9 heteroatoms. The van der Waals surface area contributed by atoms with E-state index in [1.165, 1.54) is 0 Å². The molecule has 2 N–H and O–H groups in total. The van der Waals surface area contributed by atoms with Crippen LogP contribution >= 0.6 is 11.6 Å². The van der Waals surface area contributed by atoms with Crippen molar-refractivity contribution in [2.24, 2.45) is 0 Å². The molecule has 0 aliphatic heterocycles. The number of aromatic carboxylic acids is 1. The van der Waals surface area contributed by atoms with E-state index in [1.807, 2.05) is 0 Å². The van der Waals surface area contributed by atoms with Crippen molar-refractivity contribution in [3.8, 4) is 16.9 Å². The van der Waals surface area contributed by atoms with Crippen molar-refractivity contribution in [1.82, 2.24) is 0 Å². The predicted octanol–water partition coefficient (Wildman–Crippen LogP) is 4.54. The third-order valence-corrected chi connectivity index (χ3v) is 3.94. The number of carboxylic acids is 1. The summed E-state index contributed by atoms with van der Waals surface area (Å²) >= 11 is 5.73. The molecule has 1 heterocycles. The lowest BCUT2D eigenvalue weighted by Gasteiger charge is -2.13. The Labute approximate surface area is 147 Å². The van der Waals surface area contributed by atoms with Crippen LogP contribution < -0.4 is 5.43 Å². The number of rotatable bonds is 2. The third kappa shape index (κ3) is 2.99. The fourth-order valence-corrected chi connectivity index (χ4v) is 2.61. The Morgan fingerprint density at radius 3 is 2.27 bits per heavy atom. The molecule has 3 aromatic rings. The van der Waals surface area contributed by atoms with Crippen molar-refractivity contribution in [3.05, 3.63) is 63.0 Å². The molecule has 0 bridgehead atoms. The fraction of sp³-hybridized carbons (Fsp3) is 0.0588. The second-order valence-corrected chi connectivity index (χ2v) is 5.72. The first-order valence-electron chi connectivity index (χ1n) is 7.00. The molecule has 0 aliphatic rings. The van der Waals surface area contributed by atoms with E-state index in [-0.39, 0.29) is 21.5 Å². The SMILES string of the molecule is O=C(O)c1ccc(-c2c(C(F)(F)F)oc3cc(O)c(Cl)cc3c2=O)cc1. The minimum atomic E-state index is -5.00. The van der Waals surface area contributed by atoms with E-state index in [4.69, 9.17) is 21.1 Å². The molecule has 1 aromatic heterocycles. The van der Waals surface area contributed by atoms with Gasteiger partial charge >= 0.3 is 12.1 Å². The molecule has 0 spiro atoms. The third-order valence-electron chi connectivity index (χ3n) is 3.64. The van der Waals surface area contributed by atoms with Gasteiger partial charge in [0.05, 0.1) is 21.5 Å². The van der Waals surface area contributed by atoms with Gasteiger partial charge in [-0.1, -0.05) is 23.7 Å². The highest BCUT2D eigenvalue weighted by molar-refractivity contribution is 6.32. The number of alkyl halides is 3. The van der Waals surface area contributed by atoms with Gasteiger partial charge in [-0.2, -0.15) is 13.2 Å². The van der Waals surface area contributed by atoms with Crippen LogP contribution in [0.15, 0.2) is 45.6 Å². The van der Waals surface area contributed by atoms with E-state index in [0.717, 1.165) is 36.4 Å². The first-order valence-corrected chi connectivity index (χ1v) is 7.37. The molecular formula is C17H8ClF3O5. The van der Waals surface area contributed by atoms with Crippen molar-refractivity contribution in [1.29, 1.82) is 0 Å². The highest BCUT2D eigenvalue weighted by Gasteiger charge is 2.39. The first-order chi connectivity index (χ1) is 12.1. The van der Waals surface area contributed by atoms with Gasteiger partial charge in [0.2, 0.25) is 11.2 Å². The first kappa shape index (κ1) is 17.8. The van der Waals surface area contributed by atoms with Crippen LogP contribution in [0, 0.1) is 0 Å². The lowest BCUT2D eigenvalue weighted by Crippen LogP contribution is -2.16. The van der Waals surface area contributed by atoms with E-state index >= 15 is 0 Å². The Morgan fingerprint density at radius 2 is 1.73 bits per heavy atom. The molecule has 0 saturated carbocycles. The lowest BCUT2D eigenvalue weighted by molar-refractivity contribution is -0.152. The number of hydrogen-bond acceptors (Lipinski definition) is 4.